The second kappa shape index (κ2) is 10.7. The number of nitrogens with zero attached hydrogens (tertiary/aromatic N) is 2. The van der Waals surface area contributed by atoms with Crippen molar-refractivity contribution >= 4 is 17.4 Å². The Morgan fingerprint density at radius 3 is 2.19 bits per heavy atom. The van der Waals surface area contributed by atoms with Gasteiger partial charge in [0.25, 0.3) is 11.8 Å². The second-order valence-corrected chi connectivity index (χ2v) is 11.5. The predicted molar refractivity (Wildman–Crippen MR) is 151 cm³/mol. The van der Waals surface area contributed by atoms with E-state index in [4.69, 9.17) is 4.74 Å². The summed E-state index contributed by atoms with van der Waals surface area (Å²) in [6, 6.07) is 15.4. The van der Waals surface area contributed by atoms with Crippen LogP contribution < -0.4 is 4.74 Å². The SMILES string of the molecule is C[C@@H]1CC2=C(Cc3ccccc32)[C@@H](c2c(F)cc(OCCN3C(=O)c4ccccc4C3=O)cc2F)N1CC(C)(F)CO. The minimum atomic E-state index is -1.98. The number of rotatable bonds is 8. The molecule has 3 aliphatic rings. The van der Waals surface area contributed by atoms with E-state index in [-0.39, 0.29) is 37.1 Å². The van der Waals surface area contributed by atoms with Crippen LogP contribution in [0.15, 0.2) is 66.2 Å². The minimum Gasteiger partial charge on any atom is -0.492 e. The summed E-state index contributed by atoms with van der Waals surface area (Å²) in [6.45, 7) is 2.01. The molecular weight excluding hydrogens is 545 g/mol. The highest BCUT2D eigenvalue weighted by atomic mass is 19.1. The zero-order valence-electron chi connectivity index (χ0n) is 23.4. The first-order valence-electron chi connectivity index (χ1n) is 14.0. The summed E-state index contributed by atoms with van der Waals surface area (Å²) in [4.78, 5) is 28.0. The number of imide groups is 1. The van der Waals surface area contributed by atoms with Gasteiger partial charge in [0.2, 0.25) is 0 Å². The monoisotopic (exact) mass is 576 g/mol. The first-order valence-corrected chi connectivity index (χ1v) is 14.0. The van der Waals surface area contributed by atoms with Gasteiger partial charge in [0.05, 0.1) is 30.3 Å². The normalized spacial score (nSPS) is 21.3. The highest BCUT2D eigenvalue weighted by Crippen LogP contribution is 2.50. The molecule has 0 saturated carbocycles. The van der Waals surface area contributed by atoms with Crippen LogP contribution in [0.3, 0.4) is 0 Å². The second-order valence-electron chi connectivity index (χ2n) is 11.5. The molecule has 0 bridgehead atoms. The van der Waals surface area contributed by atoms with Gasteiger partial charge in [-0.3, -0.25) is 19.4 Å². The van der Waals surface area contributed by atoms with E-state index in [1.807, 2.05) is 31.2 Å². The molecule has 0 saturated heterocycles. The summed E-state index contributed by atoms with van der Waals surface area (Å²) >= 11 is 0. The van der Waals surface area contributed by atoms with Crippen LogP contribution in [0.25, 0.3) is 5.57 Å². The Bertz CT molecular complexity index is 1560. The number of aliphatic hydroxyl groups is 1. The first kappa shape index (κ1) is 28.2. The molecule has 0 spiro atoms. The van der Waals surface area contributed by atoms with Crippen LogP contribution in [0.2, 0.25) is 0 Å². The maximum atomic E-state index is 15.9. The average molecular weight is 577 g/mol. The molecule has 6 nitrogen and oxygen atoms in total. The van der Waals surface area contributed by atoms with E-state index in [0.29, 0.717) is 24.0 Å². The van der Waals surface area contributed by atoms with Gasteiger partial charge < -0.3 is 9.84 Å². The first-order chi connectivity index (χ1) is 20.1. The molecule has 0 fully saturated rings. The van der Waals surface area contributed by atoms with Crippen LogP contribution in [0.5, 0.6) is 5.75 Å². The van der Waals surface area contributed by atoms with Crippen molar-refractivity contribution in [2.75, 3.05) is 26.3 Å². The zero-order chi connectivity index (χ0) is 29.8. The molecule has 1 N–H and O–H groups in total. The Morgan fingerprint density at radius 2 is 1.57 bits per heavy atom. The average Bonchev–Trinajstić information content (AvgIpc) is 3.44. The van der Waals surface area contributed by atoms with Crippen molar-refractivity contribution in [3.63, 3.8) is 0 Å². The topological polar surface area (TPSA) is 70.1 Å². The molecule has 3 atom stereocenters. The molecule has 2 heterocycles. The molecule has 0 aromatic heterocycles. The van der Waals surface area contributed by atoms with E-state index in [1.165, 1.54) is 6.92 Å². The van der Waals surface area contributed by atoms with Crippen LogP contribution in [-0.2, 0) is 6.42 Å². The van der Waals surface area contributed by atoms with Gasteiger partial charge in [0.1, 0.15) is 29.7 Å². The number of amides is 2. The Balaban J connectivity index is 1.28. The molecule has 0 radical (unpaired) electrons. The van der Waals surface area contributed by atoms with Crippen LogP contribution in [0, 0.1) is 11.6 Å². The quantitative estimate of drug-likeness (QED) is 0.359. The maximum absolute atomic E-state index is 15.9. The van der Waals surface area contributed by atoms with Gasteiger partial charge in [0, 0.05) is 30.3 Å². The number of halogens is 3. The molecule has 2 aliphatic heterocycles. The molecule has 42 heavy (non-hydrogen) atoms. The molecule has 1 aliphatic carbocycles. The van der Waals surface area contributed by atoms with Gasteiger partial charge in [-0.05, 0) is 61.1 Å². The van der Waals surface area contributed by atoms with Crippen molar-refractivity contribution in [1.82, 2.24) is 9.80 Å². The standard InChI is InChI=1S/C33H31F3N2O4/c1-19-13-25-22-8-4-3-7-20(22)14-26(25)30(38(19)17-33(2,36)18-39)29-27(34)15-21(16-28(29)35)42-12-11-37-31(40)23-9-5-6-10-24(23)32(37)41/h3-10,15-16,19,30,39H,11-14,17-18H2,1-2H3/t19-,30+,33?/m1/s1. The lowest BCUT2D eigenvalue weighted by atomic mass is 9.84. The third-order valence-electron chi connectivity index (χ3n) is 8.47. The zero-order valence-corrected chi connectivity index (χ0v) is 23.4. The fraction of sp³-hybridized carbons (Fsp3) is 0.333. The highest BCUT2D eigenvalue weighted by Gasteiger charge is 2.43. The fourth-order valence-electron chi connectivity index (χ4n) is 6.44. The van der Waals surface area contributed by atoms with Crippen molar-refractivity contribution in [2.24, 2.45) is 0 Å². The number of alkyl halides is 1. The largest absolute Gasteiger partial charge is 0.492 e. The van der Waals surface area contributed by atoms with E-state index in [9.17, 15) is 14.7 Å². The number of hydrogen-bond acceptors (Lipinski definition) is 5. The lowest BCUT2D eigenvalue weighted by Gasteiger charge is -2.44. The highest BCUT2D eigenvalue weighted by molar-refractivity contribution is 6.21. The number of fused-ring (bicyclic) bond motifs is 3. The number of aliphatic hydroxyl groups excluding tert-OH is 1. The summed E-state index contributed by atoms with van der Waals surface area (Å²) < 4.78 is 52.6. The minimum absolute atomic E-state index is 0.0873. The molecule has 1 unspecified atom stereocenters. The Kier molecular flexibility index (Phi) is 7.19. The number of benzene rings is 3. The Morgan fingerprint density at radius 1 is 0.976 bits per heavy atom. The van der Waals surface area contributed by atoms with Gasteiger partial charge >= 0.3 is 0 Å². The molecule has 218 valence electrons. The summed E-state index contributed by atoms with van der Waals surface area (Å²) in [6.07, 6.45) is 1.07. The van der Waals surface area contributed by atoms with E-state index >= 15 is 13.2 Å². The molecule has 9 heteroatoms. The molecule has 3 aromatic carbocycles. The van der Waals surface area contributed by atoms with Crippen LogP contribution in [-0.4, -0.2) is 64.7 Å². The third-order valence-corrected chi connectivity index (χ3v) is 8.47. The predicted octanol–water partition coefficient (Wildman–Crippen LogP) is 5.51. The van der Waals surface area contributed by atoms with Crippen LogP contribution >= 0.6 is 0 Å². The number of ether oxygens (including phenoxy) is 1. The van der Waals surface area contributed by atoms with Crippen molar-refractivity contribution in [3.8, 4) is 5.75 Å². The summed E-state index contributed by atoms with van der Waals surface area (Å²) in [5.74, 6) is -2.66. The molecule has 2 amide bonds. The molecule has 6 rings (SSSR count). The number of carbonyl (C=O) groups is 2. The fourth-order valence-corrected chi connectivity index (χ4v) is 6.44. The maximum Gasteiger partial charge on any atom is 0.261 e. The third kappa shape index (κ3) is 4.80. The van der Waals surface area contributed by atoms with Crippen molar-refractivity contribution < 1.29 is 32.6 Å². The van der Waals surface area contributed by atoms with Gasteiger partial charge in [-0.15, -0.1) is 0 Å². The lowest BCUT2D eigenvalue weighted by Crippen LogP contribution is -2.49. The summed E-state index contributed by atoms with van der Waals surface area (Å²) in [5, 5.41) is 9.66. The van der Waals surface area contributed by atoms with Crippen LogP contribution in [0.1, 0.15) is 63.7 Å². The smallest absolute Gasteiger partial charge is 0.261 e. The van der Waals surface area contributed by atoms with Crippen molar-refractivity contribution in [1.29, 1.82) is 0 Å². The van der Waals surface area contributed by atoms with Gasteiger partial charge in [-0.25, -0.2) is 13.2 Å². The summed E-state index contributed by atoms with van der Waals surface area (Å²) in [5.41, 5.74) is 2.37. The van der Waals surface area contributed by atoms with E-state index in [2.05, 4.69) is 0 Å². The van der Waals surface area contributed by atoms with Crippen molar-refractivity contribution in [3.05, 3.63) is 106 Å². The van der Waals surface area contributed by atoms with E-state index in [0.717, 1.165) is 39.3 Å². The number of hydrogen-bond donors (Lipinski definition) is 1. The number of carbonyl (C=O) groups excluding carboxylic acids is 2. The van der Waals surface area contributed by atoms with Gasteiger partial charge in [-0.1, -0.05) is 36.4 Å². The molecule has 3 aromatic rings. The van der Waals surface area contributed by atoms with E-state index in [1.54, 1.807) is 29.2 Å². The Hall–Kier alpha value is -3.95. The molecular formula is C33H31F3N2O4. The van der Waals surface area contributed by atoms with Crippen LogP contribution in [0.4, 0.5) is 13.2 Å². The lowest BCUT2D eigenvalue weighted by molar-refractivity contribution is 0.0181. The van der Waals surface area contributed by atoms with Gasteiger partial charge in [0.15, 0.2) is 0 Å². The van der Waals surface area contributed by atoms with E-state index < -0.39 is 41.8 Å². The summed E-state index contributed by atoms with van der Waals surface area (Å²) in [7, 11) is 0. The Labute approximate surface area is 242 Å². The van der Waals surface area contributed by atoms with Gasteiger partial charge in [-0.2, -0.15) is 0 Å². The van der Waals surface area contributed by atoms with Crippen molar-refractivity contribution in [2.45, 2.75) is 44.4 Å².